The SMILES string of the molecule is Cl.O=C(NCCc1c[nH]c2ccccc12)C1CC(O)CN1. The number of hydrogen-bond acceptors (Lipinski definition) is 3. The fourth-order valence-corrected chi connectivity index (χ4v) is 2.70. The van der Waals surface area contributed by atoms with Crippen LogP contribution in [0, 0.1) is 0 Å². The van der Waals surface area contributed by atoms with Crippen LogP contribution >= 0.6 is 12.4 Å². The summed E-state index contributed by atoms with van der Waals surface area (Å²) in [7, 11) is 0. The zero-order valence-electron chi connectivity index (χ0n) is 11.6. The summed E-state index contributed by atoms with van der Waals surface area (Å²) in [5.74, 6) is -0.0265. The van der Waals surface area contributed by atoms with Crippen molar-refractivity contribution in [2.24, 2.45) is 0 Å². The Bertz CT molecular complexity index is 614. The maximum atomic E-state index is 11.9. The number of aliphatic hydroxyl groups excluding tert-OH is 1. The van der Waals surface area contributed by atoms with Crippen LogP contribution in [0.2, 0.25) is 0 Å². The van der Waals surface area contributed by atoms with Crippen LogP contribution in [0.15, 0.2) is 30.5 Å². The number of H-pyrrole nitrogens is 1. The Balaban J connectivity index is 0.00000161. The van der Waals surface area contributed by atoms with Crippen LogP contribution in [0.25, 0.3) is 10.9 Å². The van der Waals surface area contributed by atoms with Crippen LogP contribution in [0.1, 0.15) is 12.0 Å². The smallest absolute Gasteiger partial charge is 0.237 e. The van der Waals surface area contributed by atoms with Crippen molar-refractivity contribution in [1.29, 1.82) is 0 Å². The number of carbonyl (C=O) groups is 1. The van der Waals surface area contributed by atoms with Gasteiger partial charge in [0.15, 0.2) is 0 Å². The molecule has 1 aromatic carbocycles. The molecule has 0 spiro atoms. The molecule has 5 nitrogen and oxygen atoms in total. The maximum Gasteiger partial charge on any atom is 0.237 e. The number of fused-ring (bicyclic) bond motifs is 1. The molecule has 1 amide bonds. The number of benzene rings is 1. The lowest BCUT2D eigenvalue weighted by Gasteiger charge is -2.10. The number of amides is 1. The minimum Gasteiger partial charge on any atom is -0.392 e. The summed E-state index contributed by atoms with van der Waals surface area (Å²) in [6.07, 6.45) is 2.89. The normalized spacial score (nSPS) is 21.2. The van der Waals surface area contributed by atoms with E-state index in [2.05, 4.69) is 21.7 Å². The number of β-amino-alcohol motifs (C(OH)–C–C–N with tert-alkyl or cyclic N) is 1. The van der Waals surface area contributed by atoms with E-state index in [4.69, 9.17) is 0 Å². The second-order valence-electron chi connectivity index (χ2n) is 5.25. The molecule has 0 saturated carbocycles. The average Bonchev–Trinajstić information content (AvgIpc) is 3.06. The third-order valence-electron chi connectivity index (χ3n) is 3.79. The Hall–Kier alpha value is -1.56. The van der Waals surface area contributed by atoms with Crippen molar-refractivity contribution in [2.45, 2.75) is 25.0 Å². The lowest BCUT2D eigenvalue weighted by Crippen LogP contribution is -2.41. The van der Waals surface area contributed by atoms with Gasteiger partial charge in [0.2, 0.25) is 5.91 Å². The topological polar surface area (TPSA) is 77.2 Å². The molecule has 21 heavy (non-hydrogen) atoms. The molecule has 2 unspecified atom stereocenters. The first-order valence-electron chi connectivity index (χ1n) is 6.98. The Morgan fingerprint density at radius 3 is 2.95 bits per heavy atom. The molecule has 1 fully saturated rings. The molecule has 1 saturated heterocycles. The second-order valence-corrected chi connectivity index (χ2v) is 5.25. The van der Waals surface area contributed by atoms with E-state index in [-0.39, 0.29) is 24.4 Å². The van der Waals surface area contributed by atoms with Gasteiger partial charge >= 0.3 is 0 Å². The van der Waals surface area contributed by atoms with Gasteiger partial charge in [0.05, 0.1) is 12.1 Å². The van der Waals surface area contributed by atoms with Gasteiger partial charge in [-0.05, 0) is 24.5 Å². The van der Waals surface area contributed by atoms with E-state index in [9.17, 15) is 9.90 Å². The van der Waals surface area contributed by atoms with Crippen molar-refractivity contribution in [3.8, 4) is 0 Å². The molecule has 1 aliphatic rings. The number of aromatic nitrogens is 1. The van der Waals surface area contributed by atoms with Gasteiger partial charge in [-0.3, -0.25) is 4.79 Å². The lowest BCUT2D eigenvalue weighted by molar-refractivity contribution is -0.122. The Kier molecular flexibility index (Phi) is 5.22. The highest BCUT2D eigenvalue weighted by molar-refractivity contribution is 5.85. The average molecular weight is 310 g/mol. The molecule has 1 aliphatic heterocycles. The second kappa shape index (κ2) is 6.93. The molecule has 1 aromatic heterocycles. The highest BCUT2D eigenvalue weighted by atomic mass is 35.5. The van der Waals surface area contributed by atoms with Crippen molar-refractivity contribution in [2.75, 3.05) is 13.1 Å². The van der Waals surface area contributed by atoms with Gasteiger partial charge in [0.1, 0.15) is 0 Å². The lowest BCUT2D eigenvalue weighted by atomic mass is 10.1. The Morgan fingerprint density at radius 2 is 2.19 bits per heavy atom. The molecule has 2 heterocycles. The number of halogens is 1. The van der Waals surface area contributed by atoms with Crippen LogP contribution < -0.4 is 10.6 Å². The zero-order chi connectivity index (χ0) is 13.9. The fraction of sp³-hybridized carbons (Fsp3) is 0.400. The first-order chi connectivity index (χ1) is 9.74. The summed E-state index contributed by atoms with van der Waals surface area (Å²) in [5, 5.41) is 16.5. The van der Waals surface area contributed by atoms with E-state index >= 15 is 0 Å². The molecule has 4 N–H and O–H groups in total. The monoisotopic (exact) mass is 309 g/mol. The highest BCUT2D eigenvalue weighted by Crippen LogP contribution is 2.17. The van der Waals surface area contributed by atoms with E-state index < -0.39 is 6.10 Å². The van der Waals surface area contributed by atoms with Crippen LogP contribution in [0.5, 0.6) is 0 Å². The van der Waals surface area contributed by atoms with E-state index in [0.29, 0.717) is 19.5 Å². The van der Waals surface area contributed by atoms with Crippen molar-refractivity contribution in [3.05, 3.63) is 36.0 Å². The molecular weight excluding hydrogens is 290 g/mol. The van der Waals surface area contributed by atoms with Gasteiger partial charge in [-0.25, -0.2) is 0 Å². The van der Waals surface area contributed by atoms with Gasteiger partial charge in [-0.1, -0.05) is 18.2 Å². The number of aromatic amines is 1. The Morgan fingerprint density at radius 1 is 1.38 bits per heavy atom. The molecular formula is C15H20ClN3O2. The predicted molar refractivity (Wildman–Crippen MR) is 84.7 cm³/mol. The molecule has 2 aromatic rings. The minimum absolute atomic E-state index is 0. The summed E-state index contributed by atoms with van der Waals surface area (Å²) in [6, 6.07) is 7.89. The number of carbonyl (C=O) groups excluding carboxylic acids is 1. The van der Waals surface area contributed by atoms with E-state index in [1.54, 1.807) is 0 Å². The van der Waals surface area contributed by atoms with Crippen LogP contribution in [-0.2, 0) is 11.2 Å². The third kappa shape index (κ3) is 3.56. The predicted octanol–water partition coefficient (Wildman–Crippen LogP) is 0.971. The van der Waals surface area contributed by atoms with Crippen LogP contribution in [-0.4, -0.2) is 41.2 Å². The maximum absolute atomic E-state index is 11.9. The van der Waals surface area contributed by atoms with E-state index in [1.807, 2.05) is 24.4 Å². The molecule has 0 radical (unpaired) electrons. The van der Waals surface area contributed by atoms with Gasteiger partial charge < -0.3 is 20.7 Å². The zero-order valence-corrected chi connectivity index (χ0v) is 12.5. The summed E-state index contributed by atoms with van der Waals surface area (Å²) >= 11 is 0. The molecule has 6 heteroatoms. The molecule has 0 bridgehead atoms. The summed E-state index contributed by atoms with van der Waals surface area (Å²) < 4.78 is 0. The van der Waals surface area contributed by atoms with E-state index in [1.165, 1.54) is 10.9 Å². The highest BCUT2D eigenvalue weighted by Gasteiger charge is 2.27. The third-order valence-corrected chi connectivity index (χ3v) is 3.79. The van der Waals surface area contributed by atoms with Gasteiger partial charge in [0, 0.05) is 30.2 Å². The van der Waals surface area contributed by atoms with Gasteiger partial charge in [0.25, 0.3) is 0 Å². The van der Waals surface area contributed by atoms with Crippen LogP contribution in [0.4, 0.5) is 0 Å². The number of aliphatic hydroxyl groups is 1. The Labute approximate surface area is 129 Å². The summed E-state index contributed by atoms with van der Waals surface area (Å²) in [5.41, 5.74) is 2.33. The first-order valence-corrected chi connectivity index (χ1v) is 6.98. The van der Waals surface area contributed by atoms with Crippen molar-refractivity contribution < 1.29 is 9.90 Å². The summed E-state index contributed by atoms with van der Waals surface area (Å²) in [6.45, 7) is 1.11. The first kappa shape index (κ1) is 15.8. The van der Waals surface area contributed by atoms with E-state index in [0.717, 1.165) is 11.9 Å². The van der Waals surface area contributed by atoms with Crippen molar-refractivity contribution >= 4 is 29.2 Å². The quantitative estimate of drug-likeness (QED) is 0.680. The number of nitrogens with one attached hydrogen (secondary N) is 3. The van der Waals surface area contributed by atoms with Gasteiger partial charge in [-0.2, -0.15) is 0 Å². The van der Waals surface area contributed by atoms with Gasteiger partial charge in [-0.15, -0.1) is 12.4 Å². The minimum atomic E-state index is -0.403. The van der Waals surface area contributed by atoms with Crippen molar-refractivity contribution in [3.63, 3.8) is 0 Å². The fourth-order valence-electron chi connectivity index (χ4n) is 2.70. The molecule has 3 rings (SSSR count). The van der Waals surface area contributed by atoms with Crippen LogP contribution in [0.3, 0.4) is 0 Å². The number of rotatable bonds is 4. The number of para-hydroxylation sites is 1. The standard InChI is InChI=1S/C15H19N3O2.ClH/c19-11-7-14(18-9-11)15(20)16-6-5-10-8-17-13-4-2-1-3-12(10)13;/h1-4,8,11,14,17-19H,5-7,9H2,(H,16,20);1H. The molecule has 2 atom stereocenters. The largest absolute Gasteiger partial charge is 0.392 e. The van der Waals surface area contributed by atoms with Crippen molar-refractivity contribution in [1.82, 2.24) is 15.6 Å². The molecule has 114 valence electrons. The molecule has 0 aliphatic carbocycles. The summed E-state index contributed by atoms with van der Waals surface area (Å²) in [4.78, 5) is 15.1. The number of hydrogen-bond donors (Lipinski definition) is 4.